The van der Waals surface area contributed by atoms with Crippen molar-refractivity contribution in [3.63, 3.8) is 0 Å². The average molecular weight is 444 g/mol. The van der Waals surface area contributed by atoms with Crippen LogP contribution in [-0.2, 0) is 6.42 Å². The number of aryl methyl sites for hydroxylation is 1. The van der Waals surface area contributed by atoms with Crippen molar-refractivity contribution in [1.82, 2.24) is 20.5 Å². The molecule has 0 aliphatic carbocycles. The summed E-state index contributed by atoms with van der Waals surface area (Å²) in [6.07, 6.45) is 5.80. The molecule has 2 aromatic rings. The number of methoxy groups -OCH3 is 2. The molecule has 1 aliphatic heterocycles. The fourth-order valence-corrected chi connectivity index (χ4v) is 4.45. The first-order valence-electron chi connectivity index (χ1n) is 12.1. The quantitative estimate of drug-likeness (QED) is 0.280. The number of hydrogen-bond acceptors (Lipinski definition) is 4. The first-order chi connectivity index (χ1) is 15.7. The van der Waals surface area contributed by atoms with Gasteiger partial charge >= 0.3 is 0 Å². The van der Waals surface area contributed by atoms with Crippen molar-refractivity contribution in [2.45, 2.75) is 46.0 Å². The number of hydrogen-bond donors (Lipinski definition) is 3. The lowest BCUT2D eigenvalue weighted by Gasteiger charge is -2.31. The van der Waals surface area contributed by atoms with Crippen LogP contribution in [0.15, 0.2) is 23.2 Å². The van der Waals surface area contributed by atoms with Gasteiger partial charge in [-0.15, -0.1) is 0 Å². The van der Waals surface area contributed by atoms with E-state index in [1.165, 1.54) is 44.6 Å². The van der Waals surface area contributed by atoms with Crippen molar-refractivity contribution in [3.05, 3.63) is 23.9 Å². The predicted octanol–water partition coefficient (Wildman–Crippen LogP) is 3.79. The van der Waals surface area contributed by atoms with E-state index in [4.69, 9.17) is 14.5 Å². The van der Waals surface area contributed by atoms with Gasteiger partial charge < -0.3 is 30.0 Å². The Balaban J connectivity index is 1.45. The number of benzene rings is 1. The summed E-state index contributed by atoms with van der Waals surface area (Å²) in [4.78, 5) is 10.8. The molecule has 1 saturated heterocycles. The maximum Gasteiger partial charge on any atom is 0.191 e. The fraction of sp³-hybridized carbons (Fsp3) is 0.640. The lowest BCUT2D eigenvalue weighted by atomic mass is 9.93. The molecule has 0 bridgehead atoms. The number of rotatable bonds is 11. The van der Waals surface area contributed by atoms with Crippen molar-refractivity contribution >= 4 is 16.9 Å². The van der Waals surface area contributed by atoms with E-state index in [1.807, 2.05) is 12.1 Å². The van der Waals surface area contributed by atoms with Crippen LogP contribution in [0.1, 0.15) is 45.2 Å². The van der Waals surface area contributed by atoms with E-state index < -0.39 is 0 Å². The monoisotopic (exact) mass is 443 g/mol. The Morgan fingerprint density at radius 3 is 2.62 bits per heavy atom. The summed E-state index contributed by atoms with van der Waals surface area (Å²) in [7, 11) is 3.37. The normalized spacial score (nSPS) is 15.8. The molecule has 7 heteroatoms. The Morgan fingerprint density at radius 2 is 1.94 bits per heavy atom. The van der Waals surface area contributed by atoms with Crippen LogP contribution in [-0.4, -0.2) is 69.3 Å². The molecule has 3 rings (SSSR count). The molecule has 0 atom stereocenters. The van der Waals surface area contributed by atoms with E-state index in [0.29, 0.717) is 0 Å². The average Bonchev–Trinajstić information content (AvgIpc) is 3.24. The topological polar surface area (TPSA) is 73.9 Å². The van der Waals surface area contributed by atoms with Gasteiger partial charge in [0.05, 0.1) is 19.7 Å². The van der Waals surface area contributed by atoms with Crippen LogP contribution >= 0.6 is 0 Å². The molecule has 1 fully saturated rings. The Kier molecular flexibility index (Phi) is 9.53. The number of fused-ring (bicyclic) bond motifs is 1. The van der Waals surface area contributed by atoms with Crippen molar-refractivity contribution in [3.8, 4) is 11.5 Å². The van der Waals surface area contributed by atoms with Crippen LogP contribution in [0, 0.1) is 5.92 Å². The Labute approximate surface area is 193 Å². The van der Waals surface area contributed by atoms with Gasteiger partial charge in [-0.2, -0.15) is 0 Å². The van der Waals surface area contributed by atoms with Gasteiger partial charge in [0.1, 0.15) is 11.5 Å². The summed E-state index contributed by atoms with van der Waals surface area (Å²) in [5.74, 6) is 3.40. The molecule has 1 aliphatic rings. The minimum absolute atomic E-state index is 0.792. The highest BCUT2D eigenvalue weighted by Gasteiger charge is 2.17. The molecule has 1 aromatic carbocycles. The SMILES string of the molecule is CCNC(=NCCCc1cc2c(OC)cc(OC)cc2[nH]1)NCCC1CCN(CC)CC1. The Morgan fingerprint density at radius 1 is 1.12 bits per heavy atom. The maximum absolute atomic E-state index is 5.52. The molecule has 0 amide bonds. The zero-order chi connectivity index (χ0) is 22.8. The third kappa shape index (κ3) is 6.79. The van der Waals surface area contributed by atoms with E-state index >= 15 is 0 Å². The van der Waals surface area contributed by atoms with Crippen molar-refractivity contribution in [2.75, 3.05) is 53.5 Å². The van der Waals surface area contributed by atoms with Crippen LogP contribution in [0.3, 0.4) is 0 Å². The smallest absolute Gasteiger partial charge is 0.191 e. The highest BCUT2D eigenvalue weighted by Crippen LogP contribution is 2.31. The van der Waals surface area contributed by atoms with Gasteiger partial charge in [0.15, 0.2) is 5.96 Å². The first-order valence-corrected chi connectivity index (χ1v) is 12.1. The van der Waals surface area contributed by atoms with Gasteiger partial charge in [0.25, 0.3) is 0 Å². The van der Waals surface area contributed by atoms with Crippen molar-refractivity contribution in [2.24, 2.45) is 10.9 Å². The number of piperidine rings is 1. The Bertz CT molecular complexity index is 855. The molecular formula is C25H41N5O2. The number of likely N-dealkylation sites (tertiary alicyclic amines) is 1. The van der Waals surface area contributed by atoms with Gasteiger partial charge in [0.2, 0.25) is 0 Å². The summed E-state index contributed by atoms with van der Waals surface area (Å²) < 4.78 is 10.9. The molecule has 32 heavy (non-hydrogen) atoms. The number of aliphatic imine (C=N–C) groups is 1. The summed E-state index contributed by atoms with van der Waals surface area (Å²) in [6.45, 7) is 10.7. The van der Waals surface area contributed by atoms with Gasteiger partial charge in [0, 0.05) is 42.8 Å². The standard InChI is InChI=1S/C25H41N5O2/c1-5-26-25(28-13-9-19-10-14-30(6-2)15-11-19)27-12-7-8-20-16-22-23(29-20)17-21(31-3)18-24(22)32-4/h16-19,29H,5-15H2,1-4H3,(H2,26,27,28). The number of nitrogens with zero attached hydrogens (tertiary/aromatic N) is 2. The van der Waals surface area contributed by atoms with Crippen molar-refractivity contribution in [1.29, 1.82) is 0 Å². The molecule has 7 nitrogen and oxygen atoms in total. The largest absolute Gasteiger partial charge is 0.497 e. The molecule has 0 spiro atoms. The zero-order valence-electron chi connectivity index (χ0n) is 20.3. The number of ether oxygens (including phenoxy) is 2. The molecular weight excluding hydrogens is 402 g/mol. The third-order valence-electron chi connectivity index (χ3n) is 6.40. The Hall–Kier alpha value is -2.41. The fourth-order valence-electron chi connectivity index (χ4n) is 4.45. The van der Waals surface area contributed by atoms with E-state index in [2.05, 4.69) is 40.4 Å². The number of guanidine groups is 1. The molecule has 3 N–H and O–H groups in total. The second-order valence-electron chi connectivity index (χ2n) is 8.54. The van der Waals surface area contributed by atoms with Crippen LogP contribution in [0.4, 0.5) is 0 Å². The van der Waals surface area contributed by atoms with E-state index in [9.17, 15) is 0 Å². The zero-order valence-corrected chi connectivity index (χ0v) is 20.3. The van der Waals surface area contributed by atoms with Crippen LogP contribution < -0.4 is 20.1 Å². The number of aromatic nitrogens is 1. The van der Waals surface area contributed by atoms with E-state index in [0.717, 1.165) is 66.8 Å². The highest BCUT2D eigenvalue weighted by atomic mass is 16.5. The lowest BCUT2D eigenvalue weighted by Crippen LogP contribution is -2.39. The minimum Gasteiger partial charge on any atom is -0.497 e. The summed E-state index contributed by atoms with van der Waals surface area (Å²) in [5.41, 5.74) is 2.23. The number of nitrogens with one attached hydrogen (secondary N) is 3. The van der Waals surface area contributed by atoms with Gasteiger partial charge in [-0.25, -0.2) is 0 Å². The van der Waals surface area contributed by atoms with Crippen LogP contribution in [0.25, 0.3) is 10.9 Å². The van der Waals surface area contributed by atoms with Crippen molar-refractivity contribution < 1.29 is 9.47 Å². The first kappa shape index (κ1) is 24.2. The summed E-state index contributed by atoms with van der Waals surface area (Å²) >= 11 is 0. The molecule has 0 unspecified atom stereocenters. The highest BCUT2D eigenvalue weighted by molar-refractivity contribution is 5.88. The second kappa shape index (κ2) is 12.6. The minimum atomic E-state index is 0.792. The molecule has 0 saturated carbocycles. The molecule has 1 aromatic heterocycles. The van der Waals surface area contributed by atoms with Crippen LogP contribution in [0.2, 0.25) is 0 Å². The predicted molar refractivity (Wildman–Crippen MR) is 133 cm³/mol. The maximum atomic E-state index is 5.52. The van der Waals surface area contributed by atoms with Gasteiger partial charge in [-0.05, 0) is 70.6 Å². The van der Waals surface area contributed by atoms with Gasteiger partial charge in [-0.1, -0.05) is 6.92 Å². The van der Waals surface area contributed by atoms with Gasteiger partial charge in [-0.3, -0.25) is 4.99 Å². The summed E-state index contributed by atoms with van der Waals surface area (Å²) in [6, 6.07) is 6.11. The van der Waals surface area contributed by atoms with E-state index in [1.54, 1.807) is 14.2 Å². The van der Waals surface area contributed by atoms with Crippen LogP contribution in [0.5, 0.6) is 11.5 Å². The summed E-state index contributed by atoms with van der Waals surface area (Å²) in [5, 5.41) is 7.99. The molecule has 0 radical (unpaired) electrons. The third-order valence-corrected chi connectivity index (χ3v) is 6.40. The second-order valence-corrected chi connectivity index (χ2v) is 8.54. The molecule has 2 heterocycles. The lowest BCUT2D eigenvalue weighted by molar-refractivity contribution is 0.187. The molecule has 178 valence electrons. The number of aromatic amines is 1. The number of H-pyrrole nitrogens is 1. The van der Waals surface area contributed by atoms with E-state index in [-0.39, 0.29) is 0 Å².